The molecule has 2 aliphatic rings. The van der Waals surface area contributed by atoms with E-state index >= 15 is 0 Å². The largest absolute Gasteiger partial charge is 0.388 e. The highest BCUT2D eigenvalue weighted by Gasteiger charge is 2.46. The lowest BCUT2D eigenvalue weighted by Gasteiger charge is -2.42. The normalized spacial score (nSPS) is 48.2. The fraction of sp³-hybridized carbons (Fsp3) is 0.929. The van der Waals surface area contributed by atoms with E-state index < -0.39 is 67.3 Å². The maximum absolute atomic E-state index is 11.1. The standard InChI is InChI=1S/C14H25NO10/c1-4-8(17)11(20)12(21)14(24-4)23-3-6-9(18)10(19)7(13(22)25-6)15-5(2)16/h4,6-14,17-22H,3H2,1-2H3,(H,15,16)/t4-,6-,7-,8+,9-,10-,11+,12-,13+,14-/m1/s1. The summed E-state index contributed by atoms with van der Waals surface area (Å²) in [6.45, 7) is 2.27. The van der Waals surface area contributed by atoms with Crippen molar-refractivity contribution in [1.29, 1.82) is 0 Å². The van der Waals surface area contributed by atoms with Crippen molar-refractivity contribution in [2.75, 3.05) is 6.61 Å². The molecule has 2 fully saturated rings. The number of carbonyl (C=O) groups excluding carboxylic acids is 1. The topological polar surface area (TPSA) is 178 Å². The number of amides is 1. The molecule has 2 rings (SSSR count). The maximum atomic E-state index is 11.1. The van der Waals surface area contributed by atoms with Crippen molar-refractivity contribution >= 4 is 5.91 Å². The van der Waals surface area contributed by atoms with E-state index in [1.165, 1.54) is 13.8 Å². The zero-order valence-corrected chi connectivity index (χ0v) is 13.8. The van der Waals surface area contributed by atoms with Gasteiger partial charge in [0.2, 0.25) is 5.91 Å². The fourth-order valence-corrected chi connectivity index (χ4v) is 2.82. The van der Waals surface area contributed by atoms with Crippen LogP contribution in [-0.4, -0.2) is 105 Å². The van der Waals surface area contributed by atoms with Crippen molar-refractivity contribution in [3.05, 3.63) is 0 Å². The molecule has 0 spiro atoms. The van der Waals surface area contributed by atoms with Crippen LogP contribution >= 0.6 is 0 Å². The van der Waals surface area contributed by atoms with Gasteiger partial charge in [0.05, 0.1) is 12.7 Å². The van der Waals surface area contributed by atoms with Crippen LogP contribution in [0.2, 0.25) is 0 Å². The predicted molar refractivity (Wildman–Crippen MR) is 78.8 cm³/mol. The molecule has 0 bridgehead atoms. The van der Waals surface area contributed by atoms with Gasteiger partial charge in [0.15, 0.2) is 12.6 Å². The number of aliphatic hydroxyl groups excluding tert-OH is 6. The number of carbonyl (C=O) groups is 1. The first-order valence-corrected chi connectivity index (χ1v) is 7.91. The molecular weight excluding hydrogens is 342 g/mol. The van der Waals surface area contributed by atoms with E-state index in [1.54, 1.807) is 0 Å². The van der Waals surface area contributed by atoms with Crippen LogP contribution in [-0.2, 0) is 19.0 Å². The quantitative estimate of drug-likeness (QED) is 0.257. The third kappa shape index (κ3) is 4.45. The minimum atomic E-state index is -1.58. The minimum Gasteiger partial charge on any atom is -0.388 e. The van der Waals surface area contributed by atoms with E-state index in [9.17, 15) is 35.4 Å². The van der Waals surface area contributed by atoms with Gasteiger partial charge in [-0.25, -0.2) is 0 Å². The summed E-state index contributed by atoms with van der Waals surface area (Å²) in [6, 6.07) is -1.21. The van der Waals surface area contributed by atoms with Crippen molar-refractivity contribution in [3.63, 3.8) is 0 Å². The molecule has 2 aliphatic heterocycles. The van der Waals surface area contributed by atoms with Crippen LogP contribution in [0.4, 0.5) is 0 Å². The van der Waals surface area contributed by atoms with Crippen LogP contribution in [0.3, 0.4) is 0 Å². The number of aliphatic hydroxyl groups is 6. The van der Waals surface area contributed by atoms with E-state index in [-0.39, 0.29) is 6.61 Å². The van der Waals surface area contributed by atoms with E-state index in [4.69, 9.17) is 14.2 Å². The van der Waals surface area contributed by atoms with Crippen molar-refractivity contribution < 1.29 is 49.6 Å². The highest BCUT2D eigenvalue weighted by atomic mass is 16.7. The van der Waals surface area contributed by atoms with Crippen LogP contribution in [0.5, 0.6) is 0 Å². The summed E-state index contributed by atoms with van der Waals surface area (Å²) in [5.74, 6) is -0.520. The monoisotopic (exact) mass is 367 g/mol. The van der Waals surface area contributed by atoms with Crippen LogP contribution in [0, 0.1) is 0 Å². The third-order valence-corrected chi connectivity index (χ3v) is 4.32. The lowest BCUT2D eigenvalue weighted by Crippen LogP contribution is -2.64. The molecule has 1 amide bonds. The Morgan fingerprint density at radius 3 is 2.20 bits per heavy atom. The van der Waals surface area contributed by atoms with Crippen molar-refractivity contribution in [2.45, 2.75) is 75.2 Å². The van der Waals surface area contributed by atoms with Gasteiger partial charge in [-0.15, -0.1) is 0 Å². The van der Waals surface area contributed by atoms with Gasteiger partial charge in [-0.05, 0) is 6.92 Å². The molecule has 0 saturated carbocycles. The van der Waals surface area contributed by atoms with Gasteiger partial charge >= 0.3 is 0 Å². The van der Waals surface area contributed by atoms with Crippen molar-refractivity contribution in [1.82, 2.24) is 5.32 Å². The molecule has 10 atom stereocenters. The smallest absolute Gasteiger partial charge is 0.217 e. The summed E-state index contributed by atoms with van der Waals surface area (Å²) >= 11 is 0. The number of ether oxygens (including phenoxy) is 3. The number of hydrogen-bond donors (Lipinski definition) is 7. The Kier molecular flexibility index (Phi) is 6.70. The molecule has 11 heteroatoms. The van der Waals surface area contributed by atoms with Crippen LogP contribution < -0.4 is 5.32 Å². The lowest BCUT2D eigenvalue weighted by atomic mass is 9.97. The maximum Gasteiger partial charge on any atom is 0.217 e. The Balaban J connectivity index is 1.94. The highest BCUT2D eigenvalue weighted by Crippen LogP contribution is 2.24. The molecule has 0 radical (unpaired) electrons. The van der Waals surface area contributed by atoms with Gasteiger partial charge in [-0.3, -0.25) is 4.79 Å². The van der Waals surface area contributed by atoms with Gasteiger partial charge in [0.1, 0.15) is 42.7 Å². The molecule has 0 aliphatic carbocycles. The Hall–Kier alpha value is -0.890. The summed E-state index contributed by atoms with van der Waals surface area (Å²) in [4.78, 5) is 11.1. The molecule has 146 valence electrons. The van der Waals surface area contributed by atoms with Gasteiger partial charge in [-0.2, -0.15) is 0 Å². The van der Waals surface area contributed by atoms with Crippen LogP contribution in [0.25, 0.3) is 0 Å². The second-order valence-electron chi connectivity index (χ2n) is 6.29. The van der Waals surface area contributed by atoms with E-state index in [0.29, 0.717) is 0 Å². The van der Waals surface area contributed by atoms with Crippen LogP contribution in [0.15, 0.2) is 0 Å². The summed E-state index contributed by atoms with van der Waals surface area (Å²) in [6.07, 6.45) is -12.2. The Bertz CT molecular complexity index is 465. The van der Waals surface area contributed by atoms with Crippen molar-refractivity contribution in [3.8, 4) is 0 Å². The summed E-state index contributed by atoms with van der Waals surface area (Å²) < 4.78 is 15.6. The average Bonchev–Trinajstić information content (AvgIpc) is 2.55. The SMILES string of the molecule is CC(=O)N[C@@H]1[C@@H](O)[C@H](O)[C@@H](CO[C@@H]2O[C@H](C)[C@H](O)[C@H](O)[C@H]2O)O[C@@H]1O. The molecule has 0 aromatic carbocycles. The summed E-state index contributed by atoms with van der Waals surface area (Å²) in [7, 11) is 0. The predicted octanol–water partition coefficient (Wildman–Crippen LogP) is -4.23. The average molecular weight is 367 g/mol. The van der Waals surface area contributed by atoms with E-state index in [1.807, 2.05) is 0 Å². The fourth-order valence-electron chi connectivity index (χ4n) is 2.82. The Labute approximate surface area is 143 Å². The Morgan fingerprint density at radius 1 is 0.960 bits per heavy atom. The first kappa shape index (κ1) is 20.4. The molecule has 0 unspecified atom stereocenters. The van der Waals surface area contributed by atoms with Crippen molar-refractivity contribution in [2.24, 2.45) is 0 Å². The molecule has 2 heterocycles. The summed E-state index contributed by atoms with van der Waals surface area (Å²) in [5, 5.41) is 61.4. The molecule has 11 nitrogen and oxygen atoms in total. The number of hydrogen-bond acceptors (Lipinski definition) is 10. The van der Waals surface area contributed by atoms with E-state index in [2.05, 4.69) is 5.32 Å². The van der Waals surface area contributed by atoms with Gasteiger partial charge < -0.3 is 50.2 Å². The second kappa shape index (κ2) is 8.20. The highest BCUT2D eigenvalue weighted by molar-refractivity contribution is 5.73. The zero-order valence-electron chi connectivity index (χ0n) is 13.8. The van der Waals surface area contributed by atoms with Gasteiger partial charge in [-0.1, -0.05) is 0 Å². The first-order chi connectivity index (χ1) is 11.6. The third-order valence-electron chi connectivity index (χ3n) is 4.32. The minimum absolute atomic E-state index is 0.390. The van der Waals surface area contributed by atoms with Gasteiger partial charge in [0, 0.05) is 6.92 Å². The second-order valence-corrected chi connectivity index (χ2v) is 6.29. The van der Waals surface area contributed by atoms with Crippen LogP contribution in [0.1, 0.15) is 13.8 Å². The molecule has 0 aromatic rings. The zero-order chi connectivity index (χ0) is 18.9. The molecule has 2 saturated heterocycles. The number of nitrogens with one attached hydrogen (secondary N) is 1. The first-order valence-electron chi connectivity index (χ1n) is 7.91. The molecular formula is C14H25NO10. The lowest BCUT2D eigenvalue weighted by molar-refractivity contribution is -0.313. The summed E-state index contributed by atoms with van der Waals surface area (Å²) in [5.41, 5.74) is 0. The molecule has 0 aromatic heterocycles. The Morgan fingerprint density at radius 2 is 1.60 bits per heavy atom. The van der Waals surface area contributed by atoms with E-state index in [0.717, 1.165) is 0 Å². The number of rotatable bonds is 4. The molecule has 25 heavy (non-hydrogen) atoms. The molecule has 7 N–H and O–H groups in total. The van der Waals surface area contributed by atoms with Gasteiger partial charge in [0.25, 0.3) is 0 Å².